The number of carbonyl (C=O) groups excluding carboxylic acids is 2. The summed E-state index contributed by atoms with van der Waals surface area (Å²) < 4.78 is 0. The molecule has 2 amide bonds. The number of amides is 2. The molecule has 0 N–H and O–H groups in total. The molecule has 1 aliphatic rings. The van der Waals surface area contributed by atoms with E-state index >= 15 is 0 Å². The van der Waals surface area contributed by atoms with Crippen molar-refractivity contribution in [2.45, 2.75) is 38.6 Å². The first-order valence-electron chi connectivity index (χ1n) is 6.24. The molecule has 0 aromatic rings. The van der Waals surface area contributed by atoms with E-state index in [1.54, 1.807) is 11.0 Å². The van der Waals surface area contributed by atoms with Crippen LogP contribution in [0, 0.1) is 0 Å². The molecule has 0 saturated carbocycles. The third kappa shape index (κ3) is 3.61. The Bertz CT molecular complexity index is 328. The molecule has 5 heteroatoms. The number of urea groups is 1. The van der Waals surface area contributed by atoms with E-state index in [1.165, 1.54) is 6.20 Å². The zero-order chi connectivity index (χ0) is 13.4. The standard InChI is InChI=1S/C13H20N2O3/c1-3-5-6-7-12-8-10-15(18-11-16)13(17)14(12)9-4-2/h4,8,10-12H,2-3,5-7,9H2,1H3. The van der Waals surface area contributed by atoms with Gasteiger partial charge in [0.25, 0.3) is 0 Å². The van der Waals surface area contributed by atoms with E-state index in [0.29, 0.717) is 6.54 Å². The van der Waals surface area contributed by atoms with Crippen molar-refractivity contribution < 1.29 is 14.4 Å². The number of hydrogen-bond donors (Lipinski definition) is 0. The lowest BCUT2D eigenvalue weighted by molar-refractivity contribution is -0.153. The van der Waals surface area contributed by atoms with Crippen LogP contribution >= 0.6 is 0 Å². The van der Waals surface area contributed by atoms with E-state index in [9.17, 15) is 9.59 Å². The van der Waals surface area contributed by atoms with Gasteiger partial charge in [-0.15, -0.1) is 11.6 Å². The number of hydroxylamine groups is 2. The Morgan fingerprint density at radius 3 is 2.89 bits per heavy atom. The summed E-state index contributed by atoms with van der Waals surface area (Å²) in [6.07, 6.45) is 9.33. The second kappa shape index (κ2) is 7.53. The highest BCUT2D eigenvalue weighted by molar-refractivity contribution is 5.77. The Labute approximate surface area is 108 Å². The fourth-order valence-corrected chi connectivity index (χ4v) is 1.95. The summed E-state index contributed by atoms with van der Waals surface area (Å²) in [7, 11) is 0. The minimum Gasteiger partial charge on any atom is -0.336 e. The second-order valence-electron chi connectivity index (χ2n) is 4.16. The largest absolute Gasteiger partial charge is 0.358 e. The molecule has 0 aromatic heterocycles. The summed E-state index contributed by atoms with van der Waals surface area (Å²) >= 11 is 0. The molecule has 1 rings (SSSR count). The van der Waals surface area contributed by atoms with Crippen LogP contribution in [0.3, 0.4) is 0 Å². The van der Waals surface area contributed by atoms with Crippen LogP contribution in [-0.2, 0) is 9.63 Å². The third-order valence-electron chi connectivity index (χ3n) is 2.86. The summed E-state index contributed by atoms with van der Waals surface area (Å²) in [5.74, 6) is 0. The Morgan fingerprint density at radius 1 is 1.50 bits per heavy atom. The fourth-order valence-electron chi connectivity index (χ4n) is 1.95. The van der Waals surface area contributed by atoms with Crippen molar-refractivity contribution in [1.29, 1.82) is 0 Å². The average molecular weight is 252 g/mol. The summed E-state index contributed by atoms with van der Waals surface area (Å²) in [6.45, 7) is 6.47. The molecule has 0 fully saturated rings. The number of hydrogen-bond acceptors (Lipinski definition) is 3. The minimum atomic E-state index is -0.328. The Balaban J connectivity index is 2.69. The maximum atomic E-state index is 12.0. The smallest absolute Gasteiger partial charge is 0.336 e. The first-order chi connectivity index (χ1) is 8.74. The molecule has 0 radical (unpaired) electrons. The zero-order valence-electron chi connectivity index (χ0n) is 10.7. The number of carbonyl (C=O) groups is 2. The lowest BCUT2D eigenvalue weighted by Crippen LogP contribution is -2.48. The molecule has 5 nitrogen and oxygen atoms in total. The van der Waals surface area contributed by atoms with Gasteiger partial charge in [-0.2, -0.15) is 0 Å². The predicted molar refractivity (Wildman–Crippen MR) is 68.4 cm³/mol. The van der Waals surface area contributed by atoms with Crippen LogP contribution < -0.4 is 0 Å². The van der Waals surface area contributed by atoms with Crippen LogP contribution in [0.1, 0.15) is 32.6 Å². The van der Waals surface area contributed by atoms with Crippen molar-refractivity contribution in [3.63, 3.8) is 0 Å². The third-order valence-corrected chi connectivity index (χ3v) is 2.86. The van der Waals surface area contributed by atoms with Gasteiger partial charge in [-0.25, -0.2) is 4.79 Å². The summed E-state index contributed by atoms with van der Waals surface area (Å²) in [5, 5.41) is 0.937. The monoisotopic (exact) mass is 252 g/mol. The van der Waals surface area contributed by atoms with Crippen LogP contribution in [0.15, 0.2) is 24.9 Å². The number of unbranched alkanes of at least 4 members (excludes halogenated alkanes) is 2. The van der Waals surface area contributed by atoms with Gasteiger partial charge in [-0.05, 0) is 12.5 Å². The van der Waals surface area contributed by atoms with Gasteiger partial charge in [0, 0.05) is 12.7 Å². The Morgan fingerprint density at radius 2 is 2.28 bits per heavy atom. The van der Waals surface area contributed by atoms with E-state index in [2.05, 4.69) is 18.3 Å². The van der Waals surface area contributed by atoms with E-state index in [-0.39, 0.29) is 18.5 Å². The minimum absolute atomic E-state index is 0.0496. The molecule has 1 unspecified atom stereocenters. The van der Waals surface area contributed by atoms with Crippen molar-refractivity contribution in [2.75, 3.05) is 6.54 Å². The Kier molecular flexibility index (Phi) is 5.97. The lowest BCUT2D eigenvalue weighted by atomic mass is 10.1. The topological polar surface area (TPSA) is 49.9 Å². The van der Waals surface area contributed by atoms with Crippen LogP contribution in [0.5, 0.6) is 0 Å². The quantitative estimate of drug-likeness (QED) is 0.379. The van der Waals surface area contributed by atoms with Gasteiger partial charge in [-0.3, -0.25) is 4.79 Å². The van der Waals surface area contributed by atoms with Crippen molar-refractivity contribution in [3.05, 3.63) is 24.9 Å². The lowest BCUT2D eigenvalue weighted by Gasteiger charge is -2.35. The maximum Gasteiger partial charge on any atom is 0.358 e. The van der Waals surface area contributed by atoms with Gasteiger partial charge in [0.05, 0.1) is 6.04 Å². The van der Waals surface area contributed by atoms with E-state index in [4.69, 9.17) is 0 Å². The van der Waals surface area contributed by atoms with Gasteiger partial charge in [0.1, 0.15) is 0 Å². The fraction of sp³-hybridized carbons (Fsp3) is 0.538. The average Bonchev–Trinajstić information content (AvgIpc) is 2.37. The molecular weight excluding hydrogens is 232 g/mol. The first kappa shape index (κ1) is 14.3. The van der Waals surface area contributed by atoms with E-state index in [1.807, 2.05) is 6.08 Å². The van der Waals surface area contributed by atoms with Crippen LogP contribution in [0.4, 0.5) is 4.79 Å². The van der Waals surface area contributed by atoms with Crippen molar-refractivity contribution in [3.8, 4) is 0 Å². The highest BCUT2D eigenvalue weighted by Gasteiger charge is 2.29. The summed E-state index contributed by atoms with van der Waals surface area (Å²) in [6, 6.07) is -0.278. The van der Waals surface area contributed by atoms with Gasteiger partial charge in [0.2, 0.25) is 0 Å². The zero-order valence-corrected chi connectivity index (χ0v) is 10.7. The highest BCUT2D eigenvalue weighted by atomic mass is 16.7. The maximum absolute atomic E-state index is 12.0. The number of rotatable bonds is 8. The van der Waals surface area contributed by atoms with Crippen LogP contribution in [-0.4, -0.2) is 35.1 Å². The van der Waals surface area contributed by atoms with Crippen LogP contribution in [0.2, 0.25) is 0 Å². The van der Waals surface area contributed by atoms with Crippen LogP contribution in [0.25, 0.3) is 0 Å². The van der Waals surface area contributed by atoms with Crippen molar-refractivity contribution >= 4 is 12.5 Å². The first-order valence-corrected chi connectivity index (χ1v) is 6.24. The molecule has 0 saturated heterocycles. The molecular formula is C13H20N2O3. The summed E-state index contributed by atoms with van der Waals surface area (Å²) in [5.41, 5.74) is 0. The molecule has 1 aliphatic heterocycles. The van der Waals surface area contributed by atoms with E-state index in [0.717, 1.165) is 30.7 Å². The molecule has 100 valence electrons. The molecule has 0 aromatic carbocycles. The van der Waals surface area contributed by atoms with Crippen molar-refractivity contribution in [2.24, 2.45) is 0 Å². The molecule has 1 atom stereocenters. The SMILES string of the molecule is C=CCN1C(=O)N(OC=O)C=CC1CCCCC. The number of nitrogens with zero attached hydrogens (tertiary/aromatic N) is 2. The molecule has 0 bridgehead atoms. The normalized spacial score (nSPS) is 18.9. The molecule has 18 heavy (non-hydrogen) atoms. The van der Waals surface area contributed by atoms with Crippen molar-refractivity contribution in [1.82, 2.24) is 9.96 Å². The summed E-state index contributed by atoms with van der Waals surface area (Å²) in [4.78, 5) is 28.5. The predicted octanol–water partition coefficient (Wildman–Crippen LogP) is 2.46. The molecule has 0 aliphatic carbocycles. The Hall–Kier alpha value is -1.78. The molecule has 1 heterocycles. The van der Waals surface area contributed by atoms with Gasteiger partial charge in [0.15, 0.2) is 0 Å². The van der Waals surface area contributed by atoms with E-state index < -0.39 is 0 Å². The van der Waals surface area contributed by atoms with Gasteiger partial charge >= 0.3 is 12.5 Å². The second-order valence-corrected chi connectivity index (χ2v) is 4.16. The molecule has 0 spiro atoms. The highest BCUT2D eigenvalue weighted by Crippen LogP contribution is 2.18. The van der Waals surface area contributed by atoms with Gasteiger partial charge < -0.3 is 9.74 Å². The van der Waals surface area contributed by atoms with Gasteiger partial charge in [-0.1, -0.05) is 32.3 Å².